The Bertz CT molecular complexity index is 358. The molecule has 0 spiro atoms. The van der Waals surface area contributed by atoms with E-state index in [0.717, 1.165) is 43.8 Å². The number of rotatable bonds is 6. The highest BCUT2D eigenvalue weighted by atomic mass is 16.5. The molecule has 0 radical (unpaired) electrons. The Balaban J connectivity index is 1.87. The average Bonchev–Trinajstić information content (AvgIpc) is 2.39. The van der Waals surface area contributed by atoms with Crippen molar-refractivity contribution in [2.45, 2.75) is 26.3 Å². The maximum absolute atomic E-state index is 5.63. The van der Waals surface area contributed by atoms with Crippen molar-refractivity contribution in [1.29, 1.82) is 0 Å². The van der Waals surface area contributed by atoms with Crippen LogP contribution in [0, 0.1) is 0 Å². The van der Waals surface area contributed by atoms with E-state index in [1.807, 2.05) is 0 Å². The molecule has 0 unspecified atom stereocenters. The lowest BCUT2D eigenvalue weighted by Crippen LogP contribution is -2.26. The molecule has 1 N–H and O–H groups in total. The molecule has 1 aromatic heterocycles. The number of ether oxygens (including phenoxy) is 2. The topological polar surface area (TPSA) is 56.3 Å². The summed E-state index contributed by atoms with van der Waals surface area (Å²) in [5, 5.41) is 3.30. The summed E-state index contributed by atoms with van der Waals surface area (Å²) in [6.45, 7) is 5.80. The second kappa shape index (κ2) is 6.51. The van der Waals surface area contributed by atoms with Gasteiger partial charge in [0.1, 0.15) is 12.9 Å². The summed E-state index contributed by atoms with van der Waals surface area (Å²) in [5.74, 6) is 0.697. The van der Waals surface area contributed by atoms with Crippen LogP contribution in [-0.2, 0) is 17.7 Å². The van der Waals surface area contributed by atoms with Crippen molar-refractivity contribution in [3.63, 3.8) is 0 Å². The highest BCUT2D eigenvalue weighted by Gasteiger charge is 2.15. The van der Waals surface area contributed by atoms with E-state index >= 15 is 0 Å². The van der Waals surface area contributed by atoms with Crippen molar-refractivity contribution in [3.05, 3.63) is 17.6 Å². The van der Waals surface area contributed by atoms with E-state index in [4.69, 9.17) is 9.47 Å². The summed E-state index contributed by atoms with van der Waals surface area (Å²) in [7, 11) is 0. The van der Waals surface area contributed by atoms with Crippen LogP contribution in [0.3, 0.4) is 0 Å². The fraction of sp³-hybridized carbons (Fsp3) is 0.667. The molecule has 1 aromatic rings. The summed E-state index contributed by atoms with van der Waals surface area (Å²) in [5.41, 5.74) is 2.19. The van der Waals surface area contributed by atoms with Gasteiger partial charge in [0.15, 0.2) is 0 Å². The molecule has 17 heavy (non-hydrogen) atoms. The molecule has 0 aliphatic carbocycles. The first-order valence-electron chi connectivity index (χ1n) is 6.16. The molecular formula is C12H19N3O2. The summed E-state index contributed by atoms with van der Waals surface area (Å²) in [6, 6.07) is 0. The van der Waals surface area contributed by atoms with E-state index < -0.39 is 0 Å². The molecule has 1 aliphatic heterocycles. The highest BCUT2D eigenvalue weighted by molar-refractivity contribution is 5.31. The van der Waals surface area contributed by atoms with Gasteiger partial charge in [-0.1, -0.05) is 6.92 Å². The largest absolute Gasteiger partial charge is 0.475 e. The van der Waals surface area contributed by atoms with Crippen LogP contribution in [0.25, 0.3) is 0 Å². The molecule has 2 rings (SSSR count). The van der Waals surface area contributed by atoms with Crippen LogP contribution in [0.2, 0.25) is 0 Å². The van der Waals surface area contributed by atoms with E-state index in [-0.39, 0.29) is 0 Å². The van der Waals surface area contributed by atoms with Gasteiger partial charge in [0.2, 0.25) is 5.88 Å². The Morgan fingerprint density at radius 3 is 3.12 bits per heavy atom. The standard InChI is InChI=1S/C12H19N3O2/c1-2-5-16-6-7-17-12-10-8-13-4-3-11(10)14-9-15-12/h9,13H,2-8H2,1H3. The van der Waals surface area contributed by atoms with Crippen molar-refractivity contribution in [3.8, 4) is 5.88 Å². The number of aromatic nitrogens is 2. The summed E-state index contributed by atoms with van der Waals surface area (Å²) >= 11 is 0. The lowest BCUT2D eigenvalue weighted by molar-refractivity contribution is 0.0984. The summed E-state index contributed by atoms with van der Waals surface area (Å²) in [4.78, 5) is 8.46. The lowest BCUT2D eigenvalue weighted by atomic mass is 10.1. The molecule has 0 fully saturated rings. The van der Waals surface area contributed by atoms with Crippen molar-refractivity contribution in [2.24, 2.45) is 0 Å². The van der Waals surface area contributed by atoms with Gasteiger partial charge in [0.05, 0.1) is 12.3 Å². The predicted molar refractivity (Wildman–Crippen MR) is 64.0 cm³/mol. The van der Waals surface area contributed by atoms with Crippen molar-refractivity contribution >= 4 is 0 Å². The first kappa shape index (κ1) is 12.3. The Labute approximate surface area is 102 Å². The first-order valence-corrected chi connectivity index (χ1v) is 6.16. The molecule has 94 valence electrons. The molecule has 0 amide bonds. The predicted octanol–water partition coefficient (Wildman–Crippen LogP) is 0.928. The van der Waals surface area contributed by atoms with Gasteiger partial charge < -0.3 is 14.8 Å². The van der Waals surface area contributed by atoms with Crippen LogP contribution in [-0.4, -0.2) is 36.3 Å². The molecule has 1 aliphatic rings. The van der Waals surface area contributed by atoms with Crippen LogP contribution in [0.1, 0.15) is 24.6 Å². The second-order valence-electron chi connectivity index (χ2n) is 3.99. The van der Waals surface area contributed by atoms with Crippen molar-refractivity contribution in [2.75, 3.05) is 26.4 Å². The molecule has 0 atom stereocenters. The van der Waals surface area contributed by atoms with Gasteiger partial charge >= 0.3 is 0 Å². The van der Waals surface area contributed by atoms with Crippen LogP contribution in [0.5, 0.6) is 5.88 Å². The minimum absolute atomic E-state index is 0.545. The molecule has 2 heterocycles. The van der Waals surface area contributed by atoms with Gasteiger partial charge in [-0.15, -0.1) is 0 Å². The number of hydrogen-bond donors (Lipinski definition) is 1. The monoisotopic (exact) mass is 237 g/mol. The molecule has 5 nitrogen and oxygen atoms in total. The fourth-order valence-electron chi connectivity index (χ4n) is 1.81. The zero-order chi connectivity index (χ0) is 11.9. The van der Waals surface area contributed by atoms with Gasteiger partial charge in [-0.25, -0.2) is 9.97 Å². The fourth-order valence-corrected chi connectivity index (χ4v) is 1.81. The van der Waals surface area contributed by atoms with E-state index in [1.165, 1.54) is 0 Å². The average molecular weight is 237 g/mol. The number of nitrogens with one attached hydrogen (secondary N) is 1. The number of hydrogen-bond acceptors (Lipinski definition) is 5. The second-order valence-corrected chi connectivity index (χ2v) is 3.99. The van der Waals surface area contributed by atoms with Crippen LogP contribution >= 0.6 is 0 Å². The zero-order valence-electron chi connectivity index (χ0n) is 10.2. The molecule has 0 saturated carbocycles. The van der Waals surface area contributed by atoms with Gasteiger partial charge in [0.25, 0.3) is 0 Å². The van der Waals surface area contributed by atoms with E-state index in [1.54, 1.807) is 6.33 Å². The van der Waals surface area contributed by atoms with E-state index in [2.05, 4.69) is 22.2 Å². The molecule has 5 heteroatoms. The third kappa shape index (κ3) is 3.38. The van der Waals surface area contributed by atoms with Crippen LogP contribution in [0.4, 0.5) is 0 Å². The number of nitrogens with zero attached hydrogens (tertiary/aromatic N) is 2. The lowest BCUT2D eigenvalue weighted by Gasteiger charge is -2.18. The van der Waals surface area contributed by atoms with Crippen molar-refractivity contribution in [1.82, 2.24) is 15.3 Å². The molecule has 0 saturated heterocycles. The SMILES string of the molecule is CCCOCCOc1ncnc2c1CNCC2. The summed E-state index contributed by atoms with van der Waals surface area (Å²) in [6.07, 6.45) is 3.56. The van der Waals surface area contributed by atoms with Crippen LogP contribution in [0.15, 0.2) is 6.33 Å². The van der Waals surface area contributed by atoms with Gasteiger partial charge in [-0.2, -0.15) is 0 Å². The Kier molecular flexibility index (Phi) is 4.70. The summed E-state index contributed by atoms with van der Waals surface area (Å²) < 4.78 is 11.0. The minimum atomic E-state index is 0.545. The van der Waals surface area contributed by atoms with Gasteiger partial charge in [0, 0.05) is 31.7 Å². The maximum atomic E-state index is 5.63. The smallest absolute Gasteiger partial charge is 0.221 e. The molecule has 0 bridgehead atoms. The number of fused-ring (bicyclic) bond motifs is 1. The molecular weight excluding hydrogens is 218 g/mol. The van der Waals surface area contributed by atoms with Crippen molar-refractivity contribution < 1.29 is 9.47 Å². The van der Waals surface area contributed by atoms with E-state index in [0.29, 0.717) is 19.1 Å². The Hall–Kier alpha value is -1.20. The zero-order valence-corrected chi connectivity index (χ0v) is 10.2. The first-order chi connectivity index (χ1) is 8.42. The quantitative estimate of drug-likeness (QED) is 0.746. The normalized spacial score (nSPS) is 14.4. The van der Waals surface area contributed by atoms with Crippen LogP contribution < -0.4 is 10.1 Å². The maximum Gasteiger partial charge on any atom is 0.221 e. The van der Waals surface area contributed by atoms with E-state index in [9.17, 15) is 0 Å². The third-order valence-corrected chi connectivity index (χ3v) is 2.65. The third-order valence-electron chi connectivity index (χ3n) is 2.65. The highest BCUT2D eigenvalue weighted by Crippen LogP contribution is 2.20. The van der Waals surface area contributed by atoms with Gasteiger partial charge in [-0.3, -0.25) is 0 Å². The Morgan fingerprint density at radius 2 is 2.24 bits per heavy atom. The molecule has 0 aromatic carbocycles. The Morgan fingerprint density at radius 1 is 1.29 bits per heavy atom. The minimum Gasteiger partial charge on any atom is -0.475 e. The van der Waals surface area contributed by atoms with Gasteiger partial charge in [-0.05, 0) is 6.42 Å².